The Morgan fingerprint density at radius 1 is 1.33 bits per heavy atom. The SMILES string of the molecule is Oc1cccc(F)c1-c1cc2ncc3c(c2cc1Cl)N1CCNC[C@@H]1CO3. The Morgan fingerprint density at radius 3 is 3.07 bits per heavy atom. The number of nitrogens with one attached hydrogen (secondary N) is 1. The number of hydrogen-bond donors (Lipinski definition) is 2. The average molecular weight is 386 g/mol. The van der Waals surface area contributed by atoms with Gasteiger partial charge in [-0.15, -0.1) is 0 Å². The highest BCUT2D eigenvalue weighted by molar-refractivity contribution is 6.34. The maximum absolute atomic E-state index is 14.3. The summed E-state index contributed by atoms with van der Waals surface area (Å²) in [5, 5.41) is 14.7. The van der Waals surface area contributed by atoms with Crippen LogP contribution in [0.3, 0.4) is 0 Å². The number of anilines is 1. The fourth-order valence-electron chi connectivity index (χ4n) is 3.94. The molecule has 1 aromatic heterocycles. The van der Waals surface area contributed by atoms with Crippen LogP contribution in [0.5, 0.6) is 11.5 Å². The number of benzene rings is 2. The van der Waals surface area contributed by atoms with Crippen molar-refractivity contribution in [3.63, 3.8) is 0 Å². The quantitative estimate of drug-likeness (QED) is 0.670. The molecule has 1 saturated heterocycles. The Bertz CT molecular complexity index is 1040. The predicted octanol–water partition coefficient (Wildman–Crippen LogP) is 3.57. The predicted molar refractivity (Wildman–Crippen MR) is 103 cm³/mol. The van der Waals surface area contributed by atoms with E-state index >= 15 is 0 Å². The van der Waals surface area contributed by atoms with Crippen molar-refractivity contribution in [2.45, 2.75) is 6.04 Å². The Balaban J connectivity index is 1.73. The van der Waals surface area contributed by atoms with Gasteiger partial charge in [-0.25, -0.2) is 4.39 Å². The first-order chi connectivity index (χ1) is 13.1. The summed E-state index contributed by atoms with van der Waals surface area (Å²) in [6.45, 7) is 3.24. The Kier molecular flexibility index (Phi) is 3.84. The van der Waals surface area contributed by atoms with Gasteiger partial charge in [-0.3, -0.25) is 4.98 Å². The van der Waals surface area contributed by atoms with Crippen molar-refractivity contribution < 1.29 is 14.2 Å². The second-order valence-electron chi connectivity index (χ2n) is 6.82. The van der Waals surface area contributed by atoms with Crippen molar-refractivity contribution in [3.8, 4) is 22.6 Å². The summed E-state index contributed by atoms with van der Waals surface area (Å²) in [6.07, 6.45) is 1.70. The van der Waals surface area contributed by atoms with E-state index in [-0.39, 0.29) is 17.4 Å². The van der Waals surface area contributed by atoms with Gasteiger partial charge in [0.05, 0.1) is 29.0 Å². The summed E-state index contributed by atoms with van der Waals surface area (Å²) in [7, 11) is 0. The number of piperazine rings is 1. The van der Waals surface area contributed by atoms with Crippen molar-refractivity contribution in [2.24, 2.45) is 0 Å². The molecule has 0 spiro atoms. The summed E-state index contributed by atoms with van der Waals surface area (Å²) < 4.78 is 20.2. The van der Waals surface area contributed by atoms with E-state index in [1.54, 1.807) is 18.3 Å². The van der Waals surface area contributed by atoms with Crippen LogP contribution in [0, 0.1) is 5.82 Å². The number of ether oxygens (including phenoxy) is 1. The van der Waals surface area contributed by atoms with Crippen LogP contribution < -0.4 is 15.0 Å². The molecule has 27 heavy (non-hydrogen) atoms. The second kappa shape index (κ2) is 6.25. The van der Waals surface area contributed by atoms with Crippen molar-refractivity contribution in [1.82, 2.24) is 10.3 Å². The first-order valence-electron chi connectivity index (χ1n) is 8.84. The minimum Gasteiger partial charge on any atom is -0.507 e. The monoisotopic (exact) mass is 385 g/mol. The molecule has 2 aromatic carbocycles. The lowest BCUT2D eigenvalue weighted by atomic mass is 10.00. The maximum atomic E-state index is 14.3. The smallest absolute Gasteiger partial charge is 0.161 e. The van der Waals surface area contributed by atoms with Crippen molar-refractivity contribution in [1.29, 1.82) is 0 Å². The first kappa shape index (κ1) is 16.6. The normalized spacial score (nSPS) is 18.7. The number of fused-ring (bicyclic) bond motifs is 5. The van der Waals surface area contributed by atoms with E-state index in [0.717, 1.165) is 36.5 Å². The van der Waals surface area contributed by atoms with Gasteiger partial charge < -0.3 is 20.1 Å². The minimum atomic E-state index is -0.528. The molecule has 2 N–H and O–H groups in total. The molecule has 2 aliphatic heterocycles. The zero-order valence-electron chi connectivity index (χ0n) is 14.4. The fourth-order valence-corrected chi connectivity index (χ4v) is 4.20. The summed E-state index contributed by atoms with van der Waals surface area (Å²) in [6, 6.07) is 7.97. The topological polar surface area (TPSA) is 57.6 Å². The molecule has 5 rings (SSSR count). The number of aromatic nitrogens is 1. The third-order valence-electron chi connectivity index (χ3n) is 5.22. The Morgan fingerprint density at radius 2 is 2.22 bits per heavy atom. The van der Waals surface area contributed by atoms with Crippen LogP contribution in [-0.4, -0.2) is 42.4 Å². The number of nitrogens with zero attached hydrogens (tertiary/aromatic N) is 2. The zero-order valence-corrected chi connectivity index (χ0v) is 15.1. The van der Waals surface area contributed by atoms with Crippen molar-refractivity contribution >= 4 is 28.2 Å². The summed E-state index contributed by atoms with van der Waals surface area (Å²) >= 11 is 6.52. The molecule has 3 aromatic rings. The Hall–Kier alpha value is -2.57. The van der Waals surface area contributed by atoms with Gasteiger partial charge in [0.1, 0.15) is 18.2 Å². The van der Waals surface area contributed by atoms with Gasteiger partial charge in [0, 0.05) is 35.6 Å². The summed E-state index contributed by atoms with van der Waals surface area (Å²) in [5.41, 5.74) is 2.16. The fraction of sp³-hybridized carbons (Fsp3) is 0.250. The molecule has 5 nitrogen and oxygen atoms in total. The van der Waals surface area contributed by atoms with Crippen LogP contribution in [-0.2, 0) is 0 Å². The third-order valence-corrected chi connectivity index (χ3v) is 5.54. The van der Waals surface area contributed by atoms with Gasteiger partial charge >= 0.3 is 0 Å². The van der Waals surface area contributed by atoms with Crippen molar-refractivity contribution in [3.05, 3.63) is 47.4 Å². The number of phenolic OH excluding ortho intramolecular Hbond substituents is 1. The van der Waals surface area contributed by atoms with E-state index in [0.29, 0.717) is 22.7 Å². The average Bonchev–Trinajstić information content (AvgIpc) is 2.67. The summed E-state index contributed by atoms with van der Waals surface area (Å²) in [5.74, 6) is 0.0534. The zero-order chi connectivity index (χ0) is 18.5. The van der Waals surface area contributed by atoms with Gasteiger partial charge in [0.2, 0.25) is 0 Å². The number of halogens is 2. The molecular weight excluding hydrogens is 369 g/mol. The molecule has 3 heterocycles. The molecular formula is C20H17ClFN3O2. The standard InChI is InChI=1S/C20H17ClFN3O2/c21-14-6-13-16(7-12(14)19-15(22)2-1-3-17(19)26)24-9-18-20(13)25-5-4-23-8-11(25)10-27-18/h1-3,6-7,9,11,23,26H,4-5,8,10H2/t11-/m1/s1. The number of aromatic hydroxyl groups is 1. The lowest BCUT2D eigenvalue weighted by molar-refractivity contribution is 0.247. The van der Waals surface area contributed by atoms with Gasteiger partial charge in [0.15, 0.2) is 5.75 Å². The van der Waals surface area contributed by atoms with Crippen LogP contribution in [0.25, 0.3) is 22.0 Å². The maximum Gasteiger partial charge on any atom is 0.161 e. The third kappa shape index (κ3) is 2.59. The molecule has 1 atom stereocenters. The first-order valence-corrected chi connectivity index (χ1v) is 9.21. The van der Waals surface area contributed by atoms with Crippen LogP contribution in [0.1, 0.15) is 0 Å². The highest BCUT2D eigenvalue weighted by Crippen LogP contribution is 2.44. The molecule has 2 aliphatic rings. The van der Waals surface area contributed by atoms with Crippen LogP contribution >= 0.6 is 11.6 Å². The van der Waals surface area contributed by atoms with Crippen molar-refractivity contribution in [2.75, 3.05) is 31.1 Å². The van der Waals surface area contributed by atoms with E-state index in [4.69, 9.17) is 16.3 Å². The number of rotatable bonds is 1. The van der Waals surface area contributed by atoms with E-state index in [1.165, 1.54) is 18.2 Å². The van der Waals surface area contributed by atoms with Crippen LogP contribution in [0.15, 0.2) is 36.5 Å². The van der Waals surface area contributed by atoms with Gasteiger partial charge in [0.25, 0.3) is 0 Å². The van der Waals surface area contributed by atoms with Gasteiger partial charge in [-0.2, -0.15) is 0 Å². The van der Waals surface area contributed by atoms with Crippen LogP contribution in [0.2, 0.25) is 5.02 Å². The number of pyridine rings is 1. The molecule has 138 valence electrons. The lowest BCUT2D eigenvalue weighted by Gasteiger charge is -2.42. The molecule has 0 saturated carbocycles. The molecule has 0 radical (unpaired) electrons. The van der Waals surface area contributed by atoms with E-state index < -0.39 is 5.82 Å². The molecule has 0 amide bonds. The highest BCUT2D eigenvalue weighted by atomic mass is 35.5. The number of phenols is 1. The van der Waals surface area contributed by atoms with Gasteiger partial charge in [-0.05, 0) is 24.3 Å². The second-order valence-corrected chi connectivity index (χ2v) is 7.22. The van der Waals surface area contributed by atoms with E-state index in [2.05, 4.69) is 15.2 Å². The summed E-state index contributed by atoms with van der Waals surface area (Å²) in [4.78, 5) is 6.82. The molecule has 1 fully saturated rings. The number of hydrogen-bond acceptors (Lipinski definition) is 5. The highest BCUT2D eigenvalue weighted by Gasteiger charge is 2.32. The minimum absolute atomic E-state index is 0.0835. The lowest BCUT2D eigenvalue weighted by Crippen LogP contribution is -2.55. The Labute approximate surface area is 160 Å². The largest absolute Gasteiger partial charge is 0.507 e. The van der Waals surface area contributed by atoms with E-state index in [1.807, 2.05) is 0 Å². The molecule has 7 heteroatoms. The molecule has 0 bridgehead atoms. The van der Waals surface area contributed by atoms with Crippen LogP contribution in [0.4, 0.5) is 10.1 Å². The van der Waals surface area contributed by atoms with E-state index in [9.17, 15) is 9.50 Å². The van der Waals surface area contributed by atoms with Gasteiger partial charge in [-0.1, -0.05) is 17.7 Å². The molecule has 0 aliphatic carbocycles. The molecule has 0 unspecified atom stereocenters.